The van der Waals surface area contributed by atoms with Crippen molar-refractivity contribution in [2.45, 2.75) is 0 Å². The second kappa shape index (κ2) is 3.51. The summed E-state index contributed by atoms with van der Waals surface area (Å²) in [4.78, 5) is 13.8. The first-order valence-electron chi connectivity index (χ1n) is 3.86. The first kappa shape index (κ1) is 10.5. The van der Waals surface area contributed by atoms with Crippen LogP contribution in [0.1, 0.15) is 0 Å². The summed E-state index contributed by atoms with van der Waals surface area (Å²) in [5.41, 5.74) is -1.10. The van der Waals surface area contributed by atoms with Crippen LogP contribution in [0, 0.1) is 21.0 Å². The van der Waals surface area contributed by atoms with Gasteiger partial charge >= 0.3 is 0 Å². The van der Waals surface area contributed by atoms with Crippen molar-refractivity contribution in [2.75, 3.05) is 0 Å². The molecule has 2 rings (SSSR count). The normalized spacial score (nSPS) is 10.9. The third-order valence-electron chi connectivity index (χ3n) is 1.96. The van der Waals surface area contributed by atoms with Crippen LogP contribution in [-0.2, 0) is 0 Å². The number of nitrogens with one attached hydrogen (secondary N) is 1. The van der Waals surface area contributed by atoms with Gasteiger partial charge in [-0.25, -0.2) is 13.2 Å². The Balaban J connectivity index is 3.10. The van der Waals surface area contributed by atoms with E-state index in [1.165, 1.54) is 6.20 Å². The maximum Gasteiger partial charge on any atom is 0.205 e. The van der Waals surface area contributed by atoms with E-state index in [9.17, 15) is 18.0 Å². The zero-order valence-corrected chi connectivity index (χ0v) is 9.23. The highest BCUT2D eigenvalue weighted by Crippen LogP contribution is 2.19. The summed E-state index contributed by atoms with van der Waals surface area (Å²) in [6.07, 6.45) is 1.20. The number of hydrogen-bond donors (Lipinski definition) is 1. The summed E-state index contributed by atoms with van der Waals surface area (Å²) < 4.78 is 39.4. The molecular formula is C9H3F3INO. The third kappa shape index (κ3) is 1.52. The van der Waals surface area contributed by atoms with Gasteiger partial charge in [-0.1, -0.05) is 0 Å². The van der Waals surface area contributed by atoms with Gasteiger partial charge in [0.25, 0.3) is 0 Å². The van der Waals surface area contributed by atoms with Crippen LogP contribution in [0.2, 0.25) is 0 Å². The molecule has 6 heteroatoms. The quantitative estimate of drug-likeness (QED) is 0.586. The van der Waals surface area contributed by atoms with Crippen LogP contribution in [0.3, 0.4) is 0 Å². The molecule has 0 unspecified atom stereocenters. The molecule has 0 aliphatic carbocycles. The monoisotopic (exact) mass is 325 g/mol. The highest BCUT2D eigenvalue weighted by molar-refractivity contribution is 14.1. The molecule has 0 saturated carbocycles. The van der Waals surface area contributed by atoms with Gasteiger partial charge in [-0.2, -0.15) is 0 Å². The minimum absolute atomic E-state index is 0.213. The first-order valence-corrected chi connectivity index (χ1v) is 4.94. The fourth-order valence-electron chi connectivity index (χ4n) is 1.27. The number of pyridine rings is 1. The van der Waals surface area contributed by atoms with Gasteiger partial charge in [0.1, 0.15) is 5.82 Å². The summed E-state index contributed by atoms with van der Waals surface area (Å²) in [7, 11) is 0. The zero-order valence-electron chi connectivity index (χ0n) is 7.07. The van der Waals surface area contributed by atoms with Crippen molar-refractivity contribution in [3.63, 3.8) is 0 Å². The lowest BCUT2D eigenvalue weighted by Gasteiger charge is -2.02. The van der Waals surface area contributed by atoms with E-state index in [1.807, 2.05) is 0 Å². The van der Waals surface area contributed by atoms with Crippen molar-refractivity contribution in [1.29, 1.82) is 0 Å². The average Bonchev–Trinajstić information content (AvgIpc) is 2.18. The Labute approximate surface area is 95.3 Å². The summed E-state index contributed by atoms with van der Waals surface area (Å²) in [6, 6.07) is 0.364. The number of fused-ring (bicyclic) bond motifs is 1. The molecular weight excluding hydrogens is 322 g/mol. The topological polar surface area (TPSA) is 32.9 Å². The van der Waals surface area contributed by atoms with Crippen LogP contribution in [0.5, 0.6) is 0 Å². The number of halogens is 4. The van der Waals surface area contributed by atoms with Crippen molar-refractivity contribution < 1.29 is 13.2 Å². The van der Waals surface area contributed by atoms with Crippen LogP contribution in [-0.4, -0.2) is 4.98 Å². The molecule has 0 amide bonds. The van der Waals surface area contributed by atoms with Gasteiger partial charge in [0, 0.05) is 12.3 Å². The average molecular weight is 325 g/mol. The van der Waals surface area contributed by atoms with Crippen molar-refractivity contribution >= 4 is 33.5 Å². The van der Waals surface area contributed by atoms with E-state index in [-0.39, 0.29) is 3.57 Å². The van der Waals surface area contributed by atoms with Gasteiger partial charge in [0.2, 0.25) is 5.43 Å². The molecule has 0 atom stereocenters. The number of rotatable bonds is 0. The van der Waals surface area contributed by atoms with Gasteiger partial charge in [-0.05, 0) is 22.6 Å². The van der Waals surface area contributed by atoms with Crippen molar-refractivity contribution in [1.82, 2.24) is 4.98 Å². The summed E-state index contributed by atoms with van der Waals surface area (Å²) >= 11 is 1.68. The van der Waals surface area contributed by atoms with E-state index >= 15 is 0 Å². The number of aromatic amines is 1. The fraction of sp³-hybridized carbons (Fsp3) is 0. The number of benzene rings is 1. The molecule has 0 radical (unpaired) electrons. The van der Waals surface area contributed by atoms with E-state index in [4.69, 9.17) is 0 Å². The maximum absolute atomic E-state index is 13.2. The molecule has 0 aliphatic rings. The molecule has 0 saturated heterocycles. The SMILES string of the molecule is O=c1c(I)c[nH]c2c(F)c(F)cc(F)c12. The predicted molar refractivity (Wildman–Crippen MR) is 57.2 cm³/mol. The maximum atomic E-state index is 13.2. The molecule has 78 valence electrons. The Bertz CT molecular complexity index is 608. The van der Waals surface area contributed by atoms with Crippen molar-refractivity contribution in [3.05, 3.63) is 43.5 Å². The summed E-state index contributed by atoms with van der Waals surface area (Å²) in [5.74, 6) is -3.64. The Hall–Kier alpha value is -1.05. The highest BCUT2D eigenvalue weighted by atomic mass is 127. The number of H-pyrrole nitrogens is 1. The number of hydrogen-bond acceptors (Lipinski definition) is 1. The van der Waals surface area contributed by atoms with Gasteiger partial charge < -0.3 is 4.98 Å². The van der Waals surface area contributed by atoms with Gasteiger partial charge in [0.15, 0.2) is 11.6 Å². The molecule has 0 spiro atoms. The number of aromatic nitrogens is 1. The first-order chi connectivity index (χ1) is 7.02. The zero-order chi connectivity index (χ0) is 11.2. The Morgan fingerprint density at radius 1 is 1.20 bits per heavy atom. The molecule has 2 aromatic rings. The molecule has 0 bridgehead atoms. The van der Waals surface area contributed by atoms with Crippen molar-refractivity contribution in [3.8, 4) is 0 Å². The minimum atomic E-state index is -1.32. The Morgan fingerprint density at radius 3 is 2.53 bits per heavy atom. The molecule has 1 aromatic carbocycles. The lowest BCUT2D eigenvalue weighted by molar-refractivity contribution is 0.504. The van der Waals surface area contributed by atoms with Crippen LogP contribution < -0.4 is 5.43 Å². The fourth-order valence-corrected chi connectivity index (χ4v) is 1.70. The van der Waals surface area contributed by atoms with Crippen molar-refractivity contribution in [2.24, 2.45) is 0 Å². The predicted octanol–water partition coefficient (Wildman–Crippen LogP) is 2.55. The van der Waals surface area contributed by atoms with E-state index in [0.717, 1.165) is 0 Å². The molecule has 1 aromatic heterocycles. The molecule has 1 N–H and O–H groups in total. The minimum Gasteiger partial charge on any atom is -0.357 e. The van der Waals surface area contributed by atoms with E-state index in [2.05, 4.69) is 4.98 Å². The third-order valence-corrected chi connectivity index (χ3v) is 2.76. The van der Waals surface area contributed by atoms with Crippen LogP contribution >= 0.6 is 22.6 Å². The lowest BCUT2D eigenvalue weighted by Crippen LogP contribution is -2.10. The lowest BCUT2D eigenvalue weighted by atomic mass is 10.2. The molecule has 1 heterocycles. The molecule has 0 fully saturated rings. The second-order valence-corrected chi connectivity index (χ2v) is 4.03. The van der Waals surface area contributed by atoms with Gasteiger partial charge in [0.05, 0.1) is 14.5 Å². The smallest absolute Gasteiger partial charge is 0.205 e. The summed E-state index contributed by atoms with van der Waals surface area (Å²) in [6.45, 7) is 0. The van der Waals surface area contributed by atoms with Crippen LogP contribution in [0.4, 0.5) is 13.2 Å². The Morgan fingerprint density at radius 2 is 1.87 bits per heavy atom. The second-order valence-electron chi connectivity index (χ2n) is 2.87. The van der Waals surface area contributed by atoms with E-state index in [1.54, 1.807) is 22.6 Å². The molecule has 15 heavy (non-hydrogen) atoms. The van der Waals surface area contributed by atoms with Crippen LogP contribution in [0.25, 0.3) is 10.9 Å². The van der Waals surface area contributed by atoms with E-state index < -0.39 is 33.8 Å². The molecule has 2 nitrogen and oxygen atoms in total. The highest BCUT2D eigenvalue weighted by Gasteiger charge is 2.16. The standard InChI is InChI=1S/C9H3F3INO/c10-3-1-4(11)7(12)8-6(3)9(15)5(13)2-14-8/h1-2H,(H,14,15). The summed E-state index contributed by atoms with van der Waals surface area (Å²) in [5, 5.41) is -0.458. The van der Waals surface area contributed by atoms with Crippen LogP contribution in [0.15, 0.2) is 17.1 Å². The largest absolute Gasteiger partial charge is 0.357 e. The Kier molecular flexibility index (Phi) is 2.45. The van der Waals surface area contributed by atoms with Gasteiger partial charge in [-0.3, -0.25) is 4.79 Å². The molecule has 0 aliphatic heterocycles. The van der Waals surface area contributed by atoms with Gasteiger partial charge in [-0.15, -0.1) is 0 Å². The van der Waals surface area contributed by atoms with E-state index in [0.29, 0.717) is 6.07 Å².